The molecule has 0 fully saturated rings. The molecule has 0 unspecified atom stereocenters. The van der Waals surface area contributed by atoms with Gasteiger partial charge in [0.05, 0.1) is 22.9 Å². The number of thiazole rings is 2. The molecule has 5 nitrogen and oxygen atoms in total. The molecule has 0 spiro atoms. The summed E-state index contributed by atoms with van der Waals surface area (Å²) in [5, 5.41) is 5.25. The Labute approximate surface area is 125 Å². The molecule has 3 rings (SSSR count). The van der Waals surface area contributed by atoms with E-state index in [1.807, 2.05) is 6.92 Å². The molecule has 2 N–H and O–H groups in total. The number of imidazole rings is 1. The molecule has 0 bridgehead atoms. The Morgan fingerprint density at radius 3 is 2.90 bits per heavy atom. The third-order valence-electron chi connectivity index (χ3n) is 3.15. The molecule has 20 heavy (non-hydrogen) atoms. The maximum Gasteiger partial charge on any atom is 0.195 e. The van der Waals surface area contributed by atoms with Crippen LogP contribution < -0.4 is 10.6 Å². The summed E-state index contributed by atoms with van der Waals surface area (Å²) < 4.78 is 2.13. The molecule has 0 aliphatic carbocycles. The fraction of sp³-hybridized carbons (Fsp3) is 0.385. The highest BCUT2D eigenvalue weighted by Gasteiger charge is 2.16. The average molecular weight is 307 g/mol. The van der Waals surface area contributed by atoms with E-state index in [0.29, 0.717) is 6.54 Å². The van der Waals surface area contributed by atoms with Gasteiger partial charge in [-0.1, -0.05) is 0 Å². The van der Waals surface area contributed by atoms with Gasteiger partial charge in [-0.3, -0.25) is 4.40 Å². The quantitative estimate of drug-likeness (QED) is 0.786. The lowest BCUT2D eigenvalue weighted by Crippen LogP contribution is -2.19. The standard InChI is InChI=1S/C13H17N5S2/c1-9-15-10(8-20-9)7-17(2)12-11(3-4-14)18-5-6-19-13(18)16-12/h5-6,8H,3-4,7,14H2,1-2H3. The van der Waals surface area contributed by atoms with E-state index in [-0.39, 0.29) is 0 Å². The summed E-state index contributed by atoms with van der Waals surface area (Å²) in [7, 11) is 2.06. The van der Waals surface area contributed by atoms with Crippen molar-refractivity contribution in [3.05, 3.63) is 33.4 Å². The summed E-state index contributed by atoms with van der Waals surface area (Å²) in [6, 6.07) is 0. The largest absolute Gasteiger partial charge is 0.352 e. The van der Waals surface area contributed by atoms with Crippen molar-refractivity contribution in [2.75, 3.05) is 18.5 Å². The molecule has 0 atom stereocenters. The first kappa shape index (κ1) is 13.5. The van der Waals surface area contributed by atoms with Crippen molar-refractivity contribution in [3.63, 3.8) is 0 Å². The number of aryl methyl sites for hydroxylation is 1. The maximum absolute atomic E-state index is 5.74. The second-order valence-electron chi connectivity index (χ2n) is 4.69. The van der Waals surface area contributed by atoms with Gasteiger partial charge in [0.2, 0.25) is 0 Å². The van der Waals surface area contributed by atoms with E-state index in [0.717, 1.165) is 34.4 Å². The van der Waals surface area contributed by atoms with Gasteiger partial charge in [0.1, 0.15) is 0 Å². The topological polar surface area (TPSA) is 59.5 Å². The number of nitrogens with zero attached hydrogens (tertiary/aromatic N) is 4. The highest BCUT2D eigenvalue weighted by molar-refractivity contribution is 7.15. The van der Waals surface area contributed by atoms with Crippen LogP contribution in [0.4, 0.5) is 5.82 Å². The van der Waals surface area contributed by atoms with Crippen molar-refractivity contribution in [1.29, 1.82) is 0 Å². The first-order chi connectivity index (χ1) is 9.69. The minimum Gasteiger partial charge on any atom is -0.352 e. The van der Waals surface area contributed by atoms with E-state index >= 15 is 0 Å². The summed E-state index contributed by atoms with van der Waals surface area (Å²) >= 11 is 3.33. The van der Waals surface area contributed by atoms with Gasteiger partial charge in [-0.2, -0.15) is 0 Å². The minimum atomic E-state index is 0.625. The van der Waals surface area contributed by atoms with Crippen LogP contribution in [0.15, 0.2) is 17.0 Å². The van der Waals surface area contributed by atoms with Crippen molar-refractivity contribution in [2.45, 2.75) is 19.9 Å². The zero-order chi connectivity index (χ0) is 14.1. The normalized spacial score (nSPS) is 11.3. The molecule has 0 aliphatic heterocycles. The SMILES string of the molecule is Cc1nc(CN(C)c2nc3sccn3c2CCN)cs1. The number of fused-ring (bicyclic) bond motifs is 1. The van der Waals surface area contributed by atoms with Gasteiger partial charge in [0.25, 0.3) is 0 Å². The molecular formula is C13H17N5S2. The number of hydrogen-bond donors (Lipinski definition) is 1. The Morgan fingerprint density at radius 2 is 2.20 bits per heavy atom. The molecule has 106 valence electrons. The number of rotatable bonds is 5. The first-order valence-electron chi connectivity index (χ1n) is 6.45. The van der Waals surface area contributed by atoms with Crippen LogP contribution in [0.3, 0.4) is 0 Å². The Kier molecular flexibility index (Phi) is 3.73. The van der Waals surface area contributed by atoms with Gasteiger partial charge < -0.3 is 10.6 Å². The van der Waals surface area contributed by atoms with Crippen LogP contribution in [-0.4, -0.2) is 28.0 Å². The van der Waals surface area contributed by atoms with Crippen LogP contribution in [-0.2, 0) is 13.0 Å². The van der Waals surface area contributed by atoms with Gasteiger partial charge in [0, 0.05) is 30.4 Å². The van der Waals surface area contributed by atoms with Crippen molar-refractivity contribution in [3.8, 4) is 0 Å². The zero-order valence-corrected chi connectivity index (χ0v) is 13.2. The lowest BCUT2D eigenvalue weighted by Gasteiger charge is -2.17. The van der Waals surface area contributed by atoms with E-state index in [9.17, 15) is 0 Å². The molecular weight excluding hydrogens is 290 g/mol. The summed E-state index contributed by atoms with van der Waals surface area (Å²) in [6.07, 6.45) is 2.88. The Hall–Kier alpha value is -1.44. The van der Waals surface area contributed by atoms with E-state index in [1.165, 1.54) is 5.69 Å². The fourth-order valence-corrected chi connectivity index (χ4v) is 3.63. The summed E-state index contributed by atoms with van der Waals surface area (Å²) in [5.41, 5.74) is 8.00. The van der Waals surface area contributed by atoms with Crippen LogP contribution in [0.5, 0.6) is 0 Å². The second kappa shape index (κ2) is 5.51. The van der Waals surface area contributed by atoms with E-state index < -0.39 is 0 Å². The Morgan fingerprint density at radius 1 is 1.35 bits per heavy atom. The molecule has 7 heteroatoms. The molecule has 3 aromatic heterocycles. The monoisotopic (exact) mass is 307 g/mol. The highest BCUT2D eigenvalue weighted by atomic mass is 32.1. The zero-order valence-electron chi connectivity index (χ0n) is 11.5. The molecule has 0 amide bonds. The minimum absolute atomic E-state index is 0.625. The first-order valence-corrected chi connectivity index (χ1v) is 8.21. The van der Waals surface area contributed by atoms with Crippen molar-refractivity contribution >= 4 is 33.5 Å². The maximum atomic E-state index is 5.74. The van der Waals surface area contributed by atoms with Crippen LogP contribution >= 0.6 is 22.7 Å². The van der Waals surface area contributed by atoms with E-state index in [1.54, 1.807) is 22.7 Å². The molecule has 0 saturated carbocycles. The lowest BCUT2D eigenvalue weighted by atomic mass is 10.3. The summed E-state index contributed by atoms with van der Waals surface area (Å²) in [6.45, 7) is 3.42. The van der Waals surface area contributed by atoms with Crippen molar-refractivity contribution in [1.82, 2.24) is 14.4 Å². The van der Waals surface area contributed by atoms with Crippen LogP contribution in [0.1, 0.15) is 16.4 Å². The number of hydrogen-bond acceptors (Lipinski definition) is 6. The third kappa shape index (κ3) is 2.44. The molecule has 3 aromatic rings. The predicted molar refractivity (Wildman–Crippen MR) is 84.8 cm³/mol. The average Bonchev–Trinajstić information content (AvgIpc) is 3.08. The molecule has 0 aliphatic rings. The van der Waals surface area contributed by atoms with Gasteiger partial charge in [0.15, 0.2) is 10.8 Å². The Balaban J connectivity index is 1.91. The van der Waals surface area contributed by atoms with Gasteiger partial charge in [-0.15, -0.1) is 22.7 Å². The fourth-order valence-electron chi connectivity index (χ4n) is 2.29. The van der Waals surface area contributed by atoms with Crippen molar-refractivity contribution < 1.29 is 0 Å². The molecule has 0 radical (unpaired) electrons. The highest BCUT2D eigenvalue weighted by Crippen LogP contribution is 2.25. The predicted octanol–water partition coefficient (Wildman–Crippen LogP) is 2.30. The third-order valence-corrected chi connectivity index (χ3v) is 4.73. The Bertz CT molecular complexity index is 711. The number of aromatic nitrogens is 3. The van der Waals surface area contributed by atoms with Gasteiger partial charge in [-0.05, 0) is 13.5 Å². The molecule has 0 aromatic carbocycles. The van der Waals surface area contributed by atoms with E-state index in [4.69, 9.17) is 10.7 Å². The van der Waals surface area contributed by atoms with E-state index in [2.05, 4.69) is 38.3 Å². The lowest BCUT2D eigenvalue weighted by molar-refractivity contribution is 0.843. The van der Waals surface area contributed by atoms with Gasteiger partial charge >= 0.3 is 0 Å². The van der Waals surface area contributed by atoms with Gasteiger partial charge in [-0.25, -0.2) is 9.97 Å². The number of anilines is 1. The second-order valence-corrected chi connectivity index (χ2v) is 6.63. The summed E-state index contributed by atoms with van der Waals surface area (Å²) in [5.74, 6) is 1.01. The van der Waals surface area contributed by atoms with Crippen LogP contribution in [0.25, 0.3) is 4.96 Å². The summed E-state index contributed by atoms with van der Waals surface area (Å²) in [4.78, 5) is 12.4. The van der Waals surface area contributed by atoms with Crippen LogP contribution in [0.2, 0.25) is 0 Å². The smallest absolute Gasteiger partial charge is 0.195 e. The molecule has 3 heterocycles. The molecule has 0 saturated heterocycles. The van der Waals surface area contributed by atoms with Crippen LogP contribution in [0, 0.1) is 6.92 Å². The number of nitrogens with two attached hydrogens (primary N) is 1. The van der Waals surface area contributed by atoms with Crippen molar-refractivity contribution in [2.24, 2.45) is 5.73 Å².